The van der Waals surface area contributed by atoms with E-state index in [0.717, 1.165) is 5.56 Å². The molecule has 0 saturated heterocycles. The fraction of sp³-hybridized carbons (Fsp3) is 0.200. The third-order valence-corrected chi connectivity index (χ3v) is 5.10. The van der Waals surface area contributed by atoms with Crippen molar-refractivity contribution in [3.63, 3.8) is 0 Å². The summed E-state index contributed by atoms with van der Waals surface area (Å²) in [5.41, 5.74) is 2.22. The van der Waals surface area contributed by atoms with Gasteiger partial charge in [0.2, 0.25) is 0 Å². The van der Waals surface area contributed by atoms with Crippen LogP contribution in [0.2, 0.25) is 0 Å². The highest BCUT2D eigenvalue weighted by Crippen LogP contribution is 2.40. The van der Waals surface area contributed by atoms with Gasteiger partial charge in [0.25, 0.3) is 5.56 Å². The molecule has 1 atom stereocenters. The predicted octanol–water partition coefficient (Wildman–Crippen LogP) is 3.42. The van der Waals surface area contributed by atoms with Crippen LogP contribution >= 0.6 is 11.8 Å². The maximum absolute atomic E-state index is 12.9. The van der Waals surface area contributed by atoms with Gasteiger partial charge >= 0.3 is 0 Å². The Hall–Kier alpha value is -2.93. The number of thioether (sulfide) groups is 1. The molecule has 0 saturated carbocycles. The first-order valence-electron chi connectivity index (χ1n) is 8.46. The number of nitrogens with zero attached hydrogens (tertiary/aromatic N) is 2. The van der Waals surface area contributed by atoms with Crippen LogP contribution in [0, 0.1) is 0 Å². The zero-order chi connectivity index (χ0) is 19.4. The number of Topliss-reactive ketones (excluding diaryl/α,β-unsaturated/α-hetero) is 1. The molecular formula is C20H20N4O2S. The molecule has 0 aliphatic carbocycles. The number of rotatable bonds is 7. The quantitative estimate of drug-likeness (QED) is 0.435. The minimum Gasteiger partial charge on any atom is -0.343 e. The van der Waals surface area contributed by atoms with E-state index in [1.165, 1.54) is 11.8 Å². The van der Waals surface area contributed by atoms with Gasteiger partial charge in [-0.15, -0.1) is 13.2 Å². The van der Waals surface area contributed by atoms with Crippen molar-refractivity contribution in [3.05, 3.63) is 82.6 Å². The highest BCUT2D eigenvalue weighted by molar-refractivity contribution is 7.99. The summed E-state index contributed by atoms with van der Waals surface area (Å²) in [6, 6.07) is 3.63. The average Bonchev–Trinajstić information content (AvgIpc) is 2.66. The Morgan fingerprint density at radius 1 is 1.30 bits per heavy atom. The molecule has 0 radical (unpaired) electrons. The smallest absolute Gasteiger partial charge is 0.257 e. The third kappa shape index (κ3) is 3.78. The van der Waals surface area contributed by atoms with E-state index in [4.69, 9.17) is 0 Å². The molecule has 7 heteroatoms. The molecule has 1 unspecified atom stereocenters. The number of fused-ring (bicyclic) bond motifs is 1. The van der Waals surface area contributed by atoms with Crippen molar-refractivity contribution in [2.45, 2.75) is 24.4 Å². The Morgan fingerprint density at radius 3 is 2.70 bits per heavy atom. The number of hydrogen-bond acceptors (Lipinski definition) is 6. The molecule has 0 fully saturated rings. The van der Waals surface area contributed by atoms with Crippen LogP contribution in [-0.4, -0.2) is 26.5 Å². The highest BCUT2D eigenvalue weighted by atomic mass is 32.2. The van der Waals surface area contributed by atoms with E-state index in [0.29, 0.717) is 33.6 Å². The van der Waals surface area contributed by atoms with Gasteiger partial charge in [-0.1, -0.05) is 23.9 Å². The second-order valence-electron chi connectivity index (χ2n) is 6.03. The van der Waals surface area contributed by atoms with Gasteiger partial charge in [0.15, 0.2) is 10.9 Å². The Bertz CT molecular complexity index is 979. The average molecular weight is 380 g/mol. The third-order valence-electron chi connectivity index (χ3n) is 4.23. The first kappa shape index (κ1) is 18.8. The second kappa shape index (κ2) is 8.18. The van der Waals surface area contributed by atoms with Crippen molar-refractivity contribution in [1.82, 2.24) is 15.0 Å². The molecule has 138 valence electrons. The molecule has 27 heavy (non-hydrogen) atoms. The normalized spacial score (nSPS) is 15.7. The summed E-state index contributed by atoms with van der Waals surface area (Å²) in [7, 11) is 0. The number of allylic oxidation sites excluding steroid dienone is 3. The molecule has 3 heterocycles. The molecular weight excluding hydrogens is 360 g/mol. The first-order chi connectivity index (χ1) is 13.1. The summed E-state index contributed by atoms with van der Waals surface area (Å²) in [6.45, 7) is 9.16. The van der Waals surface area contributed by atoms with Gasteiger partial charge in [0.05, 0.1) is 5.56 Å². The lowest BCUT2D eigenvalue weighted by Gasteiger charge is -2.29. The predicted molar refractivity (Wildman–Crippen MR) is 108 cm³/mol. The topological polar surface area (TPSA) is 87.7 Å². The summed E-state index contributed by atoms with van der Waals surface area (Å²) in [6.07, 6.45) is 6.81. The zero-order valence-electron chi connectivity index (χ0n) is 15.0. The van der Waals surface area contributed by atoms with Crippen molar-refractivity contribution < 1.29 is 4.79 Å². The summed E-state index contributed by atoms with van der Waals surface area (Å²) in [5, 5.41) is 3.65. The largest absolute Gasteiger partial charge is 0.343 e. The van der Waals surface area contributed by atoms with E-state index in [-0.39, 0.29) is 17.8 Å². The molecule has 6 nitrogen and oxygen atoms in total. The number of H-pyrrole nitrogens is 1. The number of ketones is 1. The summed E-state index contributed by atoms with van der Waals surface area (Å²) >= 11 is 1.39. The minimum atomic E-state index is -0.508. The molecule has 2 aromatic heterocycles. The number of pyridine rings is 1. The maximum Gasteiger partial charge on any atom is 0.257 e. The Kier molecular flexibility index (Phi) is 5.71. The summed E-state index contributed by atoms with van der Waals surface area (Å²) in [5.74, 6) is 0.520. The molecule has 2 aromatic rings. The van der Waals surface area contributed by atoms with E-state index in [1.807, 2.05) is 19.1 Å². The molecule has 0 bridgehead atoms. The van der Waals surface area contributed by atoms with Gasteiger partial charge in [-0.25, -0.2) is 4.98 Å². The van der Waals surface area contributed by atoms with Gasteiger partial charge < -0.3 is 10.3 Å². The van der Waals surface area contributed by atoms with Gasteiger partial charge in [0.1, 0.15) is 5.82 Å². The first-order valence-corrected chi connectivity index (χ1v) is 9.45. The Balaban J connectivity index is 2.20. The molecule has 2 N–H and O–H groups in total. The molecule has 1 aliphatic rings. The van der Waals surface area contributed by atoms with Gasteiger partial charge in [-0.2, -0.15) is 0 Å². The number of aromatic amines is 1. The van der Waals surface area contributed by atoms with Crippen molar-refractivity contribution in [1.29, 1.82) is 0 Å². The fourth-order valence-corrected chi connectivity index (χ4v) is 3.73. The number of anilines is 1. The Morgan fingerprint density at radius 2 is 2.04 bits per heavy atom. The van der Waals surface area contributed by atoms with Gasteiger partial charge in [-0.05, 0) is 24.6 Å². The number of carbonyl (C=O) groups is 1. The van der Waals surface area contributed by atoms with Crippen LogP contribution in [0.15, 0.2) is 71.1 Å². The van der Waals surface area contributed by atoms with E-state index in [9.17, 15) is 9.59 Å². The number of nitrogens with one attached hydrogen (secondary N) is 2. The second-order valence-corrected chi connectivity index (χ2v) is 7.03. The number of carbonyl (C=O) groups excluding carboxylic acids is 1. The molecule has 3 rings (SSSR count). The molecule has 0 spiro atoms. The van der Waals surface area contributed by atoms with E-state index in [2.05, 4.69) is 33.4 Å². The molecule has 1 aliphatic heterocycles. The lowest BCUT2D eigenvalue weighted by atomic mass is 9.80. The maximum atomic E-state index is 12.9. The summed E-state index contributed by atoms with van der Waals surface area (Å²) in [4.78, 5) is 37.1. The zero-order valence-corrected chi connectivity index (χ0v) is 15.8. The van der Waals surface area contributed by atoms with Crippen LogP contribution < -0.4 is 10.9 Å². The lowest BCUT2D eigenvalue weighted by Crippen LogP contribution is -2.30. The van der Waals surface area contributed by atoms with Crippen LogP contribution in [0.4, 0.5) is 5.82 Å². The number of aromatic nitrogens is 3. The standard InChI is InChI=1S/C20H20N4O2S/c1-4-6-14(25)15-12(3)22-18-17(16(15)13-7-9-21-10-8-13)19(26)24-20(23-18)27-11-5-2/h4-5,7-10,16H,1-2,6,11H2,3H3,(H2,22,23,24,26). The number of hydrogen-bond donors (Lipinski definition) is 2. The van der Waals surface area contributed by atoms with E-state index < -0.39 is 5.92 Å². The van der Waals surface area contributed by atoms with Crippen LogP contribution in [-0.2, 0) is 4.79 Å². The molecule has 0 amide bonds. The Labute approximate surface area is 161 Å². The van der Waals surface area contributed by atoms with Crippen molar-refractivity contribution in [2.24, 2.45) is 0 Å². The van der Waals surface area contributed by atoms with E-state index >= 15 is 0 Å². The minimum absolute atomic E-state index is 0.0769. The van der Waals surface area contributed by atoms with Crippen LogP contribution in [0.3, 0.4) is 0 Å². The van der Waals surface area contributed by atoms with Crippen molar-refractivity contribution in [2.75, 3.05) is 11.1 Å². The van der Waals surface area contributed by atoms with Crippen LogP contribution in [0.5, 0.6) is 0 Å². The van der Waals surface area contributed by atoms with E-state index in [1.54, 1.807) is 24.5 Å². The van der Waals surface area contributed by atoms with Crippen LogP contribution in [0.1, 0.15) is 30.4 Å². The van der Waals surface area contributed by atoms with Crippen LogP contribution in [0.25, 0.3) is 0 Å². The fourth-order valence-electron chi connectivity index (χ4n) is 3.14. The summed E-state index contributed by atoms with van der Waals surface area (Å²) < 4.78 is 0. The highest BCUT2D eigenvalue weighted by Gasteiger charge is 2.34. The molecule has 0 aromatic carbocycles. The van der Waals surface area contributed by atoms with Crippen molar-refractivity contribution in [3.8, 4) is 0 Å². The van der Waals surface area contributed by atoms with Gasteiger partial charge in [0, 0.05) is 41.8 Å². The van der Waals surface area contributed by atoms with Gasteiger partial charge in [-0.3, -0.25) is 14.6 Å². The van der Waals surface area contributed by atoms with Crippen molar-refractivity contribution >= 4 is 23.4 Å². The monoisotopic (exact) mass is 380 g/mol. The lowest BCUT2D eigenvalue weighted by molar-refractivity contribution is -0.115. The SMILES string of the molecule is C=CCSc1nc2c(c(=O)[nH]1)C(c1ccncc1)C(C(=O)CC=C)=C(C)N2.